The molecule has 135 heavy (non-hydrogen) atoms. The maximum Gasteiger partial charge on any atom is 0.231 e. The summed E-state index contributed by atoms with van der Waals surface area (Å²) in [7, 11) is 0. The molecule has 0 atom stereocenters. The first kappa shape index (κ1) is 102. The largest absolute Gasteiger partial charge is 0.353 e. The Morgan fingerprint density at radius 1 is 0.200 bits per heavy atom. The zero-order chi connectivity index (χ0) is 95.8. The first-order valence-corrected chi connectivity index (χ1v) is 50.9. The highest BCUT2D eigenvalue weighted by Crippen LogP contribution is 2.35. The summed E-state index contributed by atoms with van der Waals surface area (Å²) in [5, 5.41) is 15.1. The molecular formula is C94H154N32O9. The fourth-order valence-electron chi connectivity index (χ4n) is 20.7. The van der Waals surface area contributed by atoms with Crippen LogP contribution < -0.4 is 103 Å². The zero-order valence-electron chi connectivity index (χ0n) is 81.8. The summed E-state index contributed by atoms with van der Waals surface area (Å²) in [6.45, 7) is 34.8. The summed E-state index contributed by atoms with van der Waals surface area (Å²) in [6.07, 6.45) is 23.4. The number of hydrogen-bond acceptors (Lipinski definition) is 36. The minimum atomic E-state index is 0.00538. The highest BCUT2D eigenvalue weighted by Gasteiger charge is 2.38. The number of aromatic nitrogens is 12. The van der Waals surface area contributed by atoms with Gasteiger partial charge in [-0.15, -0.1) is 0 Å². The maximum atomic E-state index is 12.2. The molecule has 41 nitrogen and oxygen atoms in total. The number of carbonyl (C=O) groups excluding carboxylic acids is 9. The Labute approximate surface area is 796 Å². The summed E-state index contributed by atoms with van der Waals surface area (Å²) in [4.78, 5) is 191. The maximum absolute atomic E-state index is 12.2. The van der Waals surface area contributed by atoms with Gasteiger partial charge in [0.05, 0.1) is 0 Å². The van der Waals surface area contributed by atoms with Crippen LogP contribution in [0.3, 0.4) is 0 Å². The Balaban J connectivity index is 0.000000153. The second kappa shape index (κ2) is 49.5. The lowest BCUT2D eigenvalue weighted by Gasteiger charge is -2.36. The molecule has 0 radical (unpaired) electrons. The minimum absolute atomic E-state index is 0.00538. The molecule has 0 saturated carbocycles. The third-order valence-corrected chi connectivity index (χ3v) is 29.1. The number of Topliss-reactive ketones (excluding diaryl/α,β-unsaturated/α-hetero) is 4. The number of hydrogen-bond donors (Lipinski definition) is 8. The van der Waals surface area contributed by atoms with Crippen LogP contribution in [-0.4, -0.2) is 318 Å². The topological polar surface area (TPSA) is 485 Å². The summed E-state index contributed by atoms with van der Waals surface area (Å²) in [6, 6.07) is 1.71. The van der Waals surface area contributed by atoms with Crippen molar-refractivity contribution >= 4 is 124 Å². The second-order valence-corrected chi connectivity index (χ2v) is 39.0. The van der Waals surface area contributed by atoms with Gasteiger partial charge in [0.15, 0.2) is 0 Å². The van der Waals surface area contributed by atoms with Gasteiger partial charge < -0.3 is 103 Å². The van der Waals surface area contributed by atoms with Gasteiger partial charge in [-0.25, -0.2) is 0 Å². The Bertz CT molecular complexity index is 4240. The van der Waals surface area contributed by atoms with Crippen LogP contribution in [0.2, 0.25) is 0 Å². The number of piperidine rings is 12. The van der Waals surface area contributed by atoms with Gasteiger partial charge in [0.2, 0.25) is 101 Å². The van der Waals surface area contributed by atoms with Gasteiger partial charge in [0, 0.05) is 289 Å². The smallest absolute Gasteiger partial charge is 0.231 e. The van der Waals surface area contributed by atoms with Crippen LogP contribution in [0.15, 0.2) is 0 Å². The number of nitrogens with zero attached hydrogens (tertiary/aromatic N) is 24. The molecule has 4 aromatic rings. The Morgan fingerprint density at radius 3 is 0.407 bits per heavy atom. The molecule has 12 aliphatic heterocycles. The van der Waals surface area contributed by atoms with E-state index in [9.17, 15) is 43.2 Å². The van der Waals surface area contributed by atoms with Gasteiger partial charge in [-0.1, -0.05) is 27.7 Å². The van der Waals surface area contributed by atoms with E-state index in [1.165, 1.54) is 0 Å². The lowest BCUT2D eigenvalue weighted by Crippen LogP contribution is -2.46. The molecule has 16 heterocycles. The molecule has 0 unspecified atom stereocenters. The average molecular weight is 1880 g/mol. The summed E-state index contributed by atoms with van der Waals surface area (Å²) in [5.41, 5.74) is 18.3. The van der Waals surface area contributed by atoms with Crippen LogP contribution in [0, 0.1) is 23.7 Å². The number of anilines is 12. The monoisotopic (exact) mass is 1880 g/mol. The van der Waals surface area contributed by atoms with Gasteiger partial charge in [0.25, 0.3) is 0 Å². The summed E-state index contributed by atoms with van der Waals surface area (Å²) >= 11 is 0. The fourth-order valence-corrected chi connectivity index (χ4v) is 20.7. The normalized spacial score (nSPS) is 21.1. The van der Waals surface area contributed by atoms with Crippen molar-refractivity contribution in [1.82, 2.24) is 86.4 Å². The number of carbonyl (C=O) groups is 9. The third-order valence-electron chi connectivity index (χ3n) is 29.1. The van der Waals surface area contributed by atoms with Crippen molar-refractivity contribution in [2.24, 2.45) is 40.9 Å². The van der Waals surface area contributed by atoms with Crippen molar-refractivity contribution in [1.29, 1.82) is 0 Å². The van der Waals surface area contributed by atoms with E-state index in [-0.39, 0.29) is 102 Å². The molecular weight excluding hydrogens is 1720 g/mol. The Morgan fingerprint density at radius 2 is 0.304 bits per heavy atom. The Hall–Kier alpha value is -10.4. The molecule has 0 aromatic carbocycles. The van der Waals surface area contributed by atoms with E-state index >= 15 is 0 Å². The second-order valence-electron chi connectivity index (χ2n) is 39.0. The lowest BCUT2D eigenvalue weighted by atomic mass is 9.91. The molecule has 744 valence electrons. The molecule has 0 aliphatic carbocycles. The first-order valence-electron chi connectivity index (χ1n) is 50.9. The number of ketones is 4. The van der Waals surface area contributed by atoms with E-state index in [0.717, 1.165) is 335 Å². The van der Waals surface area contributed by atoms with Gasteiger partial charge >= 0.3 is 0 Å². The molecule has 0 bridgehead atoms. The third kappa shape index (κ3) is 29.3. The van der Waals surface area contributed by atoms with Gasteiger partial charge in [-0.3, -0.25) is 43.2 Å². The molecule has 5 amide bonds. The van der Waals surface area contributed by atoms with Crippen molar-refractivity contribution in [2.75, 3.05) is 216 Å². The van der Waals surface area contributed by atoms with Crippen LogP contribution >= 0.6 is 0 Å². The van der Waals surface area contributed by atoms with E-state index in [4.69, 9.17) is 77.0 Å². The van der Waals surface area contributed by atoms with Crippen LogP contribution in [0.25, 0.3) is 0 Å². The number of rotatable bonds is 25. The number of nitrogens with two attached hydrogens (primary N) is 3. The SMILES string of the molecule is CCC(=O)C1CCN(c2nc(N3CCC(N)CC3)nc(N3CCC(N)CC3)n2)CC1.CCC(=O)C1CCN(c2nc(N3CCC(N)CC3)nc(N3CCC(NC(C)=O)CC3)n2)CC1.CCC(=O)C1CCN(c2nc(N3CCC(NC(C)=O)CC3)nc(N3CCC(NC(C)=O)CC3)n2)CC1.CCC(=O)C1CCN(c2nc(N3CCC(NC(C)=O)CC3)nc(N3CCC(NC(C)=O)CC3)n2)CC1. The van der Waals surface area contributed by atoms with Gasteiger partial charge in [-0.2, -0.15) is 59.8 Å². The number of nitrogens with one attached hydrogen (secondary N) is 5. The van der Waals surface area contributed by atoms with Gasteiger partial charge in [-0.05, 0) is 154 Å². The van der Waals surface area contributed by atoms with Crippen molar-refractivity contribution in [3.8, 4) is 0 Å². The van der Waals surface area contributed by atoms with Crippen LogP contribution in [0.1, 0.15) is 242 Å². The summed E-state index contributed by atoms with van der Waals surface area (Å²) < 4.78 is 0. The zero-order valence-corrected chi connectivity index (χ0v) is 81.8. The lowest BCUT2D eigenvalue weighted by molar-refractivity contribution is -0.123. The van der Waals surface area contributed by atoms with Crippen LogP contribution in [-0.2, 0) is 43.2 Å². The van der Waals surface area contributed by atoms with Gasteiger partial charge in [0.1, 0.15) is 23.1 Å². The molecule has 0 spiro atoms. The van der Waals surface area contributed by atoms with E-state index < -0.39 is 0 Å². The average Bonchev–Trinajstić information content (AvgIpc) is 0.855. The molecule has 41 heteroatoms. The number of amides is 5. The van der Waals surface area contributed by atoms with E-state index in [1.54, 1.807) is 34.6 Å². The van der Waals surface area contributed by atoms with Crippen molar-refractivity contribution in [2.45, 2.75) is 290 Å². The van der Waals surface area contributed by atoms with E-state index in [1.807, 2.05) is 27.7 Å². The predicted octanol–water partition coefficient (Wildman–Crippen LogP) is 4.58. The molecule has 4 aromatic heterocycles. The quantitative estimate of drug-likeness (QED) is 0.0450. The molecule has 12 fully saturated rings. The minimum Gasteiger partial charge on any atom is -0.353 e. The van der Waals surface area contributed by atoms with Crippen molar-refractivity contribution < 1.29 is 43.2 Å². The van der Waals surface area contributed by atoms with Crippen molar-refractivity contribution in [3.63, 3.8) is 0 Å². The van der Waals surface area contributed by atoms with Crippen LogP contribution in [0.5, 0.6) is 0 Å². The fraction of sp³-hybridized carbons (Fsp3) is 0.777. The molecule has 16 rings (SSSR count). The first-order chi connectivity index (χ1) is 65.1. The standard InChI is InChI=1S/2C25H40N8O3.C23H38N8O2.C21H36N8O/c2*1-4-22(36)19-5-11-31(12-6-19)23-28-24(32-13-7-20(8-14-32)26-17(2)34)30-25(29-23)33-15-9-21(10-16-33)27-18(3)35;1-3-20(33)17-4-10-29(11-5-17)21-26-22(30-12-6-18(24)7-13-30)28-23(27-21)31-14-8-19(9-15-31)25-16(2)32;1-2-18(30)15-3-9-27(10-4-15)19-24-20(28-11-5-16(22)6-12-28)26-21(25-19)29-13-7-17(23)8-14-29/h2*19-21H,4-16H2,1-3H3,(H,26,34)(H,27,35);17-19H,3-15,24H2,1-2H3,(H,25,32);15-17H,2-14,22-23H2,1H3. The molecule has 11 N–H and O–H groups in total. The van der Waals surface area contributed by atoms with E-state index in [0.29, 0.717) is 96.4 Å². The highest BCUT2D eigenvalue weighted by atomic mass is 16.2. The van der Waals surface area contributed by atoms with E-state index in [2.05, 4.69) is 85.4 Å². The molecule has 12 aliphatic rings. The van der Waals surface area contributed by atoms with Crippen LogP contribution in [0.4, 0.5) is 71.4 Å². The van der Waals surface area contributed by atoms with Crippen molar-refractivity contribution in [3.05, 3.63) is 0 Å². The highest BCUT2D eigenvalue weighted by molar-refractivity contribution is 5.83. The predicted molar refractivity (Wildman–Crippen MR) is 524 cm³/mol. The Kier molecular flexibility index (Phi) is 37.4. The molecule has 12 saturated heterocycles. The summed E-state index contributed by atoms with van der Waals surface area (Å²) in [5.74, 6) is 10.5.